The Labute approximate surface area is 116 Å². The lowest BCUT2D eigenvalue weighted by Gasteiger charge is -2.19. The van der Waals surface area contributed by atoms with Crippen molar-refractivity contribution < 1.29 is 9.52 Å². The first-order valence-corrected chi connectivity index (χ1v) is 6.47. The summed E-state index contributed by atoms with van der Waals surface area (Å²) < 4.78 is 5.74. The summed E-state index contributed by atoms with van der Waals surface area (Å²) in [6.07, 6.45) is 3.53. The number of aliphatic hydroxyl groups excluding tert-OH is 1. The van der Waals surface area contributed by atoms with Gasteiger partial charge in [-0.25, -0.2) is 0 Å². The maximum Gasteiger partial charge on any atom is 0.298 e. The van der Waals surface area contributed by atoms with Crippen LogP contribution in [-0.4, -0.2) is 28.2 Å². The number of oxazole rings is 1. The van der Waals surface area contributed by atoms with Gasteiger partial charge < -0.3 is 14.4 Å². The summed E-state index contributed by atoms with van der Waals surface area (Å²) in [4.78, 5) is 10.4. The number of aromatic nitrogens is 2. The largest absolute Gasteiger partial charge is 0.423 e. The number of pyridine rings is 1. The SMILES string of the molecule is OCCN(Cc1cccnc1)c1nc2ccccc2o1. The Bertz CT molecular complexity index is 649. The molecular weight excluding hydrogens is 254 g/mol. The topological polar surface area (TPSA) is 62.4 Å². The number of fused-ring (bicyclic) bond motifs is 1. The van der Waals surface area contributed by atoms with E-state index in [1.165, 1.54) is 0 Å². The van der Waals surface area contributed by atoms with Gasteiger partial charge in [0.2, 0.25) is 0 Å². The van der Waals surface area contributed by atoms with Crippen molar-refractivity contribution in [1.29, 1.82) is 0 Å². The van der Waals surface area contributed by atoms with Crippen LogP contribution in [0.1, 0.15) is 5.56 Å². The van der Waals surface area contributed by atoms with E-state index in [2.05, 4.69) is 9.97 Å². The van der Waals surface area contributed by atoms with Crippen LogP contribution in [0.4, 0.5) is 6.01 Å². The van der Waals surface area contributed by atoms with Crippen LogP contribution in [0.15, 0.2) is 53.2 Å². The van der Waals surface area contributed by atoms with Crippen LogP contribution in [0.3, 0.4) is 0 Å². The molecule has 2 aromatic heterocycles. The van der Waals surface area contributed by atoms with Crippen LogP contribution in [0.2, 0.25) is 0 Å². The summed E-state index contributed by atoms with van der Waals surface area (Å²) in [5.74, 6) is 0. The summed E-state index contributed by atoms with van der Waals surface area (Å²) >= 11 is 0. The van der Waals surface area contributed by atoms with Gasteiger partial charge in [-0.15, -0.1) is 0 Å². The van der Waals surface area contributed by atoms with Crippen molar-refractivity contribution in [3.8, 4) is 0 Å². The lowest BCUT2D eigenvalue weighted by Crippen LogP contribution is -2.26. The second-order valence-electron chi connectivity index (χ2n) is 4.47. The molecule has 1 N–H and O–H groups in total. The molecular formula is C15H15N3O2. The van der Waals surface area contributed by atoms with Crippen LogP contribution < -0.4 is 4.90 Å². The first-order valence-electron chi connectivity index (χ1n) is 6.47. The van der Waals surface area contributed by atoms with E-state index in [0.29, 0.717) is 19.1 Å². The number of benzene rings is 1. The molecule has 3 rings (SSSR count). The third-order valence-electron chi connectivity index (χ3n) is 3.02. The molecule has 0 atom stereocenters. The molecule has 0 aliphatic heterocycles. The minimum Gasteiger partial charge on any atom is -0.423 e. The molecule has 0 saturated carbocycles. The number of rotatable bonds is 5. The van der Waals surface area contributed by atoms with E-state index >= 15 is 0 Å². The summed E-state index contributed by atoms with van der Waals surface area (Å²) in [5, 5.41) is 9.22. The van der Waals surface area contributed by atoms with Gasteiger partial charge in [-0.1, -0.05) is 18.2 Å². The second-order valence-corrected chi connectivity index (χ2v) is 4.47. The minimum absolute atomic E-state index is 0.0407. The van der Waals surface area contributed by atoms with Gasteiger partial charge in [-0.3, -0.25) is 4.98 Å². The lowest BCUT2D eigenvalue weighted by atomic mass is 10.3. The molecule has 0 aliphatic rings. The zero-order valence-electron chi connectivity index (χ0n) is 10.9. The molecule has 2 heterocycles. The fourth-order valence-electron chi connectivity index (χ4n) is 2.07. The van der Waals surface area contributed by atoms with Gasteiger partial charge in [0.1, 0.15) is 5.52 Å². The first kappa shape index (κ1) is 12.6. The molecule has 0 saturated heterocycles. The Hall–Kier alpha value is -2.40. The smallest absolute Gasteiger partial charge is 0.298 e. The van der Waals surface area contributed by atoms with Crippen LogP contribution >= 0.6 is 0 Å². The maximum atomic E-state index is 9.22. The van der Waals surface area contributed by atoms with Gasteiger partial charge in [0.05, 0.1) is 6.61 Å². The van der Waals surface area contributed by atoms with E-state index in [4.69, 9.17) is 4.42 Å². The third kappa shape index (κ3) is 2.62. The van der Waals surface area contributed by atoms with Crippen molar-refractivity contribution in [3.05, 3.63) is 54.4 Å². The van der Waals surface area contributed by atoms with Crippen LogP contribution in [0.25, 0.3) is 11.1 Å². The van der Waals surface area contributed by atoms with E-state index in [-0.39, 0.29) is 6.61 Å². The van der Waals surface area contributed by atoms with Gasteiger partial charge in [-0.05, 0) is 23.8 Å². The highest BCUT2D eigenvalue weighted by molar-refractivity contribution is 5.74. The minimum atomic E-state index is 0.0407. The van der Waals surface area contributed by atoms with Gasteiger partial charge in [-0.2, -0.15) is 4.98 Å². The Kier molecular flexibility index (Phi) is 3.60. The molecule has 0 amide bonds. The molecule has 1 aromatic carbocycles. The van der Waals surface area contributed by atoms with Gasteiger partial charge in [0, 0.05) is 25.5 Å². The van der Waals surface area contributed by atoms with Crippen molar-refractivity contribution in [2.24, 2.45) is 0 Å². The summed E-state index contributed by atoms with van der Waals surface area (Å²) in [6, 6.07) is 12.0. The Morgan fingerprint density at radius 1 is 1.15 bits per heavy atom. The number of nitrogens with zero attached hydrogens (tertiary/aromatic N) is 3. The van der Waals surface area contributed by atoms with Gasteiger partial charge >= 0.3 is 0 Å². The third-order valence-corrected chi connectivity index (χ3v) is 3.02. The molecule has 20 heavy (non-hydrogen) atoms. The predicted molar refractivity (Wildman–Crippen MR) is 76.4 cm³/mol. The molecule has 5 nitrogen and oxygen atoms in total. The van der Waals surface area contributed by atoms with Crippen molar-refractivity contribution in [2.75, 3.05) is 18.1 Å². The number of hydrogen-bond donors (Lipinski definition) is 1. The van der Waals surface area contributed by atoms with E-state index in [9.17, 15) is 5.11 Å². The fourth-order valence-corrected chi connectivity index (χ4v) is 2.07. The van der Waals surface area contributed by atoms with Crippen molar-refractivity contribution in [2.45, 2.75) is 6.54 Å². The van der Waals surface area contributed by atoms with Gasteiger partial charge in [0.25, 0.3) is 6.01 Å². The Morgan fingerprint density at radius 2 is 2.05 bits per heavy atom. The van der Waals surface area contributed by atoms with E-state index in [1.54, 1.807) is 12.4 Å². The van der Waals surface area contributed by atoms with E-state index in [0.717, 1.165) is 16.7 Å². The van der Waals surface area contributed by atoms with Crippen molar-refractivity contribution >= 4 is 17.1 Å². The average molecular weight is 269 g/mol. The summed E-state index contributed by atoms with van der Waals surface area (Å²) in [7, 11) is 0. The number of para-hydroxylation sites is 2. The number of aliphatic hydroxyl groups is 1. The zero-order valence-corrected chi connectivity index (χ0v) is 10.9. The lowest BCUT2D eigenvalue weighted by molar-refractivity contribution is 0.298. The Balaban J connectivity index is 1.89. The predicted octanol–water partition coefficient (Wildman–Crippen LogP) is 2.22. The van der Waals surface area contributed by atoms with Crippen molar-refractivity contribution in [1.82, 2.24) is 9.97 Å². The highest BCUT2D eigenvalue weighted by atomic mass is 16.4. The molecule has 0 radical (unpaired) electrons. The first-order chi connectivity index (χ1) is 9.86. The van der Waals surface area contributed by atoms with E-state index < -0.39 is 0 Å². The number of hydrogen-bond acceptors (Lipinski definition) is 5. The quantitative estimate of drug-likeness (QED) is 0.769. The van der Waals surface area contributed by atoms with Crippen LogP contribution in [0.5, 0.6) is 0 Å². The highest BCUT2D eigenvalue weighted by Crippen LogP contribution is 2.22. The maximum absolute atomic E-state index is 9.22. The molecule has 5 heteroatoms. The molecule has 0 aliphatic carbocycles. The van der Waals surface area contributed by atoms with Crippen LogP contribution in [0, 0.1) is 0 Å². The molecule has 0 fully saturated rings. The van der Waals surface area contributed by atoms with Gasteiger partial charge in [0.15, 0.2) is 5.58 Å². The van der Waals surface area contributed by atoms with Crippen molar-refractivity contribution in [3.63, 3.8) is 0 Å². The van der Waals surface area contributed by atoms with Crippen LogP contribution in [-0.2, 0) is 6.54 Å². The Morgan fingerprint density at radius 3 is 2.80 bits per heavy atom. The number of anilines is 1. The molecule has 0 spiro atoms. The monoisotopic (exact) mass is 269 g/mol. The normalized spacial score (nSPS) is 10.8. The molecule has 0 unspecified atom stereocenters. The zero-order chi connectivity index (χ0) is 13.8. The molecule has 0 bridgehead atoms. The summed E-state index contributed by atoms with van der Waals surface area (Å²) in [6.45, 7) is 1.10. The van der Waals surface area contributed by atoms with E-state index in [1.807, 2.05) is 41.3 Å². The standard InChI is InChI=1S/C15H15N3O2/c19-9-8-18(11-12-4-3-7-16-10-12)15-17-13-5-1-2-6-14(13)20-15/h1-7,10,19H,8-9,11H2. The highest BCUT2D eigenvalue weighted by Gasteiger charge is 2.14. The fraction of sp³-hybridized carbons (Fsp3) is 0.200. The molecule has 102 valence electrons. The average Bonchev–Trinajstić information content (AvgIpc) is 2.92. The second kappa shape index (κ2) is 5.71. The molecule has 3 aromatic rings. The summed E-state index contributed by atoms with van der Waals surface area (Å²) in [5.41, 5.74) is 2.61.